The van der Waals surface area contributed by atoms with E-state index in [4.69, 9.17) is 11.5 Å². The van der Waals surface area contributed by atoms with Gasteiger partial charge in [-0.15, -0.1) is 12.3 Å². The van der Waals surface area contributed by atoms with Crippen LogP contribution in [-0.4, -0.2) is 17.0 Å². The lowest BCUT2D eigenvalue weighted by molar-refractivity contribution is -0.160. The number of hydrogen-bond donors (Lipinski definition) is 1. The summed E-state index contributed by atoms with van der Waals surface area (Å²) in [5.41, 5.74) is 0. The predicted molar refractivity (Wildman–Crippen MR) is 40.9 cm³/mol. The molecule has 12 heavy (non-hydrogen) atoms. The van der Waals surface area contributed by atoms with Gasteiger partial charge >= 0.3 is 11.9 Å². The van der Waals surface area contributed by atoms with E-state index >= 15 is 0 Å². The third-order valence-electron chi connectivity index (χ3n) is 0.901. The van der Waals surface area contributed by atoms with Crippen LogP contribution in [0.2, 0.25) is 0 Å². The molecule has 0 aromatic rings. The predicted octanol–water partition coefficient (Wildman–Crippen LogP) is 0.541. The van der Waals surface area contributed by atoms with E-state index in [0.29, 0.717) is 12.8 Å². The number of rotatable bonds is 3. The van der Waals surface area contributed by atoms with Crippen LogP contribution in [0.3, 0.4) is 0 Å². The number of terminal acetylenes is 1. The summed E-state index contributed by atoms with van der Waals surface area (Å²) < 4.78 is 4.16. The first-order valence-corrected chi connectivity index (χ1v) is 3.21. The molecule has 0 atom stereocenters. The number of carboxylic acid groups (broad SMARTS) is 1. The molecule has 4 nitrogen and oxygen atoms in total. The summed E-state index contributed by atoms with van der Waals surface area (Å²) in [6.45, 7) is 0. The van der Waals surface area contributed by atoms with Crippen LogP contribution >= 0.6 is 0 Å². The molecule has 0 aromatic heterocycles. The number of hydrogen-bond acceptors (Lipinski definition) is 3. The molecule has 0 saturated heterocycles. The van der Waals surface area contributed by atoms with E-state index in [0.717, 1.165) is 6.26 Å². The minimum atomic E-state index is -1.61. The maximum absolute atomic E-state index is 10.3. The molecule has 0 heterocycles. The minimum absolute atomic E-state index is 0.529. The van der Waals surface area contributed by atoms with Gasteiger partial charge in [-0.3, -0.25) is 0 Å². The van der Waals surface area contributed by atoms with Crippen molar-refractivity contribution < 1.29 is 19.4 Å². The number of carbonyl (C=O) groups excluding carboxylic acids is 1. The molecule has 0 unspecified atom stereocenters. The number of unbranched alkanes of at least 4 members (excludes halogenated alkanes) is 1. The van der Waals surface area contributed by atoms with E-state index in [1.807, 2.05) is 0 Å². The molecule has 0 amide bonds. The second-order valence-corrected chi connectivity index (χ2v) is 1.83. The maximum Gasteiger partial charge on any atom is 0.422 e. The normalized spacial score (nSPS) is 9.25. The van der Waals surface area contributed by atoms with Gasteiger partial charge in [-0.2, -0.15) is 0 Å². The summed E-state index contributed by atoms with van der Waals surface area (Å²) in [7, 11) is 0. The molecule has 0 aromatic carbocycles. The zero-order chi connectivity index (χ0) is 9.40. The van der Waals surface area contributed by atoms with Crippen LogP contribution in [0, 0.1) is 12.3 Å². The van der Waals surface area contributed by atoms with E-state index in [-0.39, 0.29) is 0 Å². The van der Waals surface area contributed by atoms with Crippen molar-refractivity contribution in [2.45, 2.75) is 12.8 Å². The van der Waals surface area contributed by atoms with Gasteiger partial charge in [-0.25, -0.2) is 9.59 Å². The highest BCUT2D eigenvalue weighted by Crippen LogP contribution is 1.89. The van der Waals surface area contributed by atoms with Gasteiger partial charge in [-0.05, 0) is 12.5 Å². The Kier molecular flexibility index (Phi) is 5.11. The molecule has 0 spiro atoms. The number of carboxylic acids is 1. The lowest BCUT2D eigenvalue weighted by Crippen LogP contribution is -2.13. The molecule has 0 saturated carbocycles. The minimum Gasteiger partial charge on any atom is -0.473 e. The van der Waals surface area contributed by atoms with Crippen molar-refractivity contribution in [2.75, 3.05) is 0 Å². The van der Waals surface area contributed by atoms with Crippen molar-refractivity contribution in [3.63, 3.8) is 0 Å². The van der Waals surface area contributed by atoms with Crippen molar-refractivity contribution >= 4 is 11.9 Å². The zero-order valence-electron chi connectivity index (χ0n) is 6.32. The number of esters is 1. The van der Waals surface area contributed by atoms with Crippen molar-refractivity contribution in [2.24, 2.45) is 0 Å². The third kappa shape index (κ3) is 5.06. The van der Waals surface area contributed by atoms with Crippen molar-refractivity contribution in [1.82, 2.24) is 0 Å². The second kappa shape index (κ2) is 5.98. The van der Waals surface area contributed by atoms with Gasteiger partial charge in [0.1, 0.15) is 0 Å². The van der Waals surface area contributed by atoms with E-state index in [1.165, 1.54) is 6.08 Å². The molecule has 0 aliphatic carbocycles. The van der Waals surface area contributed by atoms with Crippen LogP contribution in [0.4, 0.5) is 0 Å². The summed E-state index contributed by atoms with van der Waals surface area (Å²) >= 11 is 0. The molecule has 0 bridgehead atoms. The van der Waals surface area contributed by atoms with Gasteiger partial charge < -0.3 is 9.84 Å². The first-order chi connectivity index (χ1) is 5.68. The smallest absolute Gasteiger partial charge is 0.422 e. The summed E-state index contributed by atoms with van der Waals surface area (Å²) in [6.07, 6.45) is 8.53. The quantitative estimate of drug-likeness (QED) is 0.219. The topological polar surface area (TPSA) is 63.6 Å². The van der Waals surface area contributed by atoms with Gasteiger partial charge in [0.05, 0.1) is 6.26 Å². The van der Waals surface area contributed by atoms with Crippen LogP contribution in [0.1, 0.15) is 12.8 Å². The Morgan fingerprint density at radius 2 is 2.25 bits per heavy atom. The van der Waals surface area contributed by atoms with E-state index in [1.54, 1.807) is 0 Å². The molecule has 0 radical (unpaired) electrons. The highest BCUT2D eigenvalue weighted by molar-refractivity contribution is 6.28. The molecule has 0 aliphatic heterocycles. The molecule has 4 heteroatoms. The number of aliphatic carboxylic acids is 1. The first kappa shape index (κ1) is 10.2. The van der Waals surface area contributed by atoms with Gasteiger partial charge in [0.15, 0.2) is 0 Å². The molecule has 1 N–H and O–H groups in total. The van der Waals surface area contributed by atoms with Gasteiger partial charge in [0.2, 0.25) is 0 Å². The van der Waals surface area contributed by atoms with Crippen LogP contribution in [0.25, 0.3) is 0 Å². The lowest BCUT2D eigenvalue weighted by Gasteiger charge is -1.90. The highest BCUT2D eigenvalue weighted by atomic mass is 16.6. The van der Waals surface area contributed by atoms with Gasteiger partial charge in [0.25, 0.3) is 0 Å². The fourth-order valence-corrected chi connectivity index (χ4v) is 0.395. The molecule has 64 valence electrons. The van der Waals surface area contributed by atoms with Crippen molar-refractivity contribution in [1.29, 1.82) is 0 Å². The molecular formula is C8H8O4. The lowest BCUT2D eigenvalue weighted by atomic mass is 10.3. The highest BCUT2D eigenvalue weighted by Gasteiger charge is 2.09. The van der Waals surface area contributed by atoms with Gasteiger partial charge in [0, 0.05) is 6.42 Å². The average molecular weight is 168 g/mol. The largest absolute Gasteiger partial charge is 0.473 e. The third-order valence-corrected chi connectivity index (χ3v) is 0.901. The van der Waals surface area contributed by atoms with Crippen LogP contribution in [-0.2, 0) is 14.3 Å². The van der Waals surface area contributed by atoms with Crippen LogP contribution < -0.4 is 0 Å². The van der Waals surface area contributed by atoms with E-state index in [2.05, 4.69) is 10.7 Å². The van der Waals surface area contributed by atoms with Crippen LogP contribution in [0.15, 0.2) is 12.3 Å². The summed E-state index contributed by atoms with van der Waals surface area (Å²) in [5, 5.41) is 8.04. The zero-order valence-corrected chi connectivity index (χ0v) is 6.32. The number of carbonyl (C=O) groups is 2. The Labute approximate surface area is 69.8 Å². The Hall–Kier alpha value is -1.76. The Balaban J connectivity index is 3.55. The van der Waals surface area contributed by atoms with Gasteiger partial charge in [-0.1, -0.05) is 0 Å². The summed E-state index contributed by atoms with van der Waals surface area (Å²) in [4.78, 5) is 20.1. The maximum atomic E-state index is 10.3. The molecule has 0 fully saturated rings. The van der Waals surface area contributed by atoms with E-state index in [9.17, 15) is 9.59 Å². The number of allylic oxidation sites excluding steroid dienone is 1. The standard InChI is InChI=1S/C8H8O4/c1-2-3-4-5-6-12-8(11)7(9)10/h1,5-6H,3-4H2,(H,9,10). The fourth-order valence-electron chi connectivity index (χ4n) is 0.395. The van der Waals surface area contributed by atoms with Crippen molar-refractivity contribution in [3.05, 3.63) is 12.3 Å². The average Bonchev–Trinajstić information content (AvgIpc) is 2.03. The molecule has 0 aliphatic rings. The summed E-state index contributed by atoms with van der Waals surface area (Å²) in [5.74, 6) is -0.543. The molecular weight excluding hydrogens is 160 g/mol. The van der Waals surface area contributed by atoms with E-state index < -0.39 is 11.9 Å². The second-order valence-electron chi connectivity index (χ2n) is 1.83. The summed E-state index contributed by atoms with van der Waals surface area (Å²) in [6, 6.07) is 0. The molecule has 0 rings (SSSR count). The first-order valence-electron chi connectivity index (χ1n) is 3.21. The Morgan fingerprint density at radius 3 is 2.75 bits per heavy atom. The Bertz CT molecular complexity index is 234. The van der Waals surface area contributed by atoms with Crippen LogP contribution in [0.5, 0.6) is 0 Å². The fraction of sp³-hybridized carbons (Fsp3) is 0.250. The SMILES string of the molecule is C#CCCC=COC(=O)C(=O)O. The number of ether oxygens (including phenoxy) is 1. The monoisotopic (exact) mass is 168 g/mol. The van der Waals surface area contributed by atoms with Crippen molar-refractivity contribution in [3.8, 4) is 12.3 Å². The Morgan fingerprint density at radius 1 is 1.58 bits per heavy atom.